The summed E-state index contributed by atoms with van der Waals surface area (Å²) < 4.78 is 46.9. The van der Waals surface area contributed by atoms with Gasteiger partial charge in [0.1, 0.15) is 17.1 Å². The van der Waals surface area contributed by atoms with Gasteiger partial charge in [-0.25, -0.2) is 14.8 Å². The van der Waals surface area contributed by atoms with Gasteiger partial charge in [-0.15, -0.1) is 0 Å². The first-order valence-corrected chi connectivity index (χ1v) is 18.4. The summed E-state index contributed by atoms with van der Waals surface area (Å²) in [5, 5.41) is 12.1. The smallest absolute Gasteiger partial charge is 0.433 e. The van der Waals surface area contributed by atoms with Crippen LogP contribution in [0.4, 0.5) is 29.3 Å². The Bertz CT molecular complexity index is 2250. The van der Waals surface area contributed by atoms with Crippen LogP contribution in [0.25, 0.3) is 10.9 Å². The highest BCUT2D eigenvalue weighted by Crippen LogP contribution is 2.35. The van der Waals surface area contributed by atoms with E-state index in [-0.39, 0.29) is 35.8 Å². The standard InChI is InChI=1S/C38H38F3N9O6/c1-56-31-19-29-23(17-30(31)43-34(52)28-3-2-4-32(42-28)38(39,40)41)21-48(45-29)24-9-12-46(13-10-24)20-22-7-14-47(15-8-22)25-5-6-26-27(18-25)36(54)50(35(26)53)49-16-11-33(51)44-37(49)55/h2-6,17-19,21-22,24H,7-16,20H2,1H3,(H,43,52)(H,44,51,55). The quantitative estimate of drug-likeness (QED) is 0.240. The van der Waals surface area contributed by atoms with Crippen LogP contribution in [0.15, 0.2) is 54.7 Å². The zero-order valence-electron chi connectivity index (χ0n) is 30.3. The molecule has 0 atom stereocenters. The van der Waals surface area contributed by atoms with E-state index < -0.39 is 41.5 Å². The fourth-order valence-corrected chi connectivity index (χ4v) is 7.91. The third kappa shape index (κ3) is 7.11. The molecule has 2 aromatic carbocycles. The molecule has 3 fully saturated rings. The fraction of sp³-hybridized carbons (Fsp3) is 0.395. The van der Waals surface area contributed by atoms with Crippen LogP contribution in [0.5, 0.6) is 5.75 Å². The van der Waals surface area contributed by atoms with Gasteiger partial charge in [-0.3, -0.25) is 29.2 Å². The van der Waals surface area contributed by atoms with Crippen molar-refractivity contribution in [2.75, 3.05) is 56.6 Å². The number of aromatic nitrogens is 3. The minimum absolute atomic E-state index is 0.00122. The third-order valence-electron chi connectivity index (χ3n) is 10.9. The van der Waals surface area contributed by atoms with E-state index in [2.05, 4.69) is 25.4 Å². The summed E-state index contributed by atoms with van der Waals surface area (Å²) >= 11 is 0. The van der Waals surface area contributed by atoms with Gasteiger partial charge in [0, 0.05) is 62.5 Å². The first kappa shape index (κ1) is 36.9. The largest absolute Gasteiger partial charge is 0.494 e. The Kier molecular flexibility index (Phi) is 9.59. The van der Waals surface area contributed by atoms with Crippen LogP contribution in [-0.2, 0) is 11.0 Å². The monoisotopic (exact) mass is 773 g/mol. The van der Waals surface area contributed by atoms with Crippen LogP contribution in [0.3, 0.4) is 0 Å². The molecule has 0 radical (unpaired) electrons. The number of imide groups is 2. The molecule has 4 aliphatic heterocycles. The highest BCUT2D eigenvalue weighted by molar-refractivity contribution is 6.22. The SMILES string of the molecule is COc1cc2nn(C3CCN(CC4CCN(c5ccc6c(c5)C(=O)N(N5CCC(=O)NC5=O)C6=O)CC4)CC3)cc2cc1NC(=O)c1cccc(C(F)(F)F)n1. The lowest BCUT2D eigenvalue weighted by atomic mass is 9.94. The summed E-state index contributed by atoms with van der Waals surface area (Å²) in [5.74, 6) is -1.60. The number of likely N-dealkylation sites (tertiary alicyclic amines) is 1. The Morgan fingerprint density at radius 3 is 2.39 bits per heavy atom. The zero-order valence-corrected chi connectivity index (χ0v) is 30.3. The maximum Gasteiger partial charge on any atom is 0.433 e. The van der Waals surface area contributed by atoms with Crippen molar-refractivity contribution >= 4 is 51.9 Å². The third-order valence-corrected chi connectivity index (χ3v) is 10.9. The van der Waals surface area contributed by atoms with Crippen LogP contribution >= 0.6 is 0 Å². The summed E-state index contributed by atoms with van der Waals surface area (Å²) in [5.41, 5.74) is 0.743. The number of nitrogens with zero attached hydrogens (tertiary/aromatic N) is 7. The number of nitrogens with one attached hydrogen (secondary N) is 2. The molecule has 8 rings (SSSR count). The number of anilines is 2. The molecule has 3 saturated heterocycles. The molecular formula is C38H38F3N9O6. The molecule has 4 aromatic rings. The number of carbonyl (C=O) groups is 5. The summed E-state index contributed by atoms with van der Waals surface area (Å²) in [7, 11) is 1.44. The van der Waals surface area contributed by atoms with Crippen molar-refractivity contribution < 1.29 is 41.9 Å². The minimum atomic E-state index is -4.68. The van der Waals surface area contributed by atoms with Gasteiger partial charge in [-0.2, -0.15) is 23.3 Å². The Hall–Kier alpha value is -6.04. The molecule has 4 aliphatic rings. The van der Waals surface area contributed by atoms with E-state index in [1.807, 2.05) is 16.9 Å². The normalized spacial score (nSPS) is 18.8. The number of rotatable bonds is 8. The number of hydrogen-bond acceptors (Lipinski definition) is 10. The summed E-state index contributed by atoms with van der Waals surface area (Å²) in [4.78, 5) is 71.3. The van der Waals surface area contributed by atoms with Crippen LogP contribution in [-0.4, -0.2) is 106 Å². The van der Waals surface area contributed by atoms with Gasteiger partial charge in [0.15, 0.2) is 0 Å². The minimum Gasteiger partial charge on any atom is -0.494 e. The number of fused-ring (bicyclic) bond motifs is 2. The van der Waals surface area contributed by atoms with Crippen LogP contribution in [0, 0.1) is 5.92 Å². The number of ether oxygens (including phenoxy) is 1. The average Bonchev–Trinajstić information content (AvgIpc) is 3.71. The number of amides is 6. The average molecular weight is 774 g/mol. The molecule has 0 spiro atoms. The molecule has 56 heavy (non-hydrogen) atoms. The number of carbonyl (C=O) groups excluding carboxylic acids is 5. The Balaban J connectivity index is 0.842. The molecular weight excluding hydrogens is 735 g/mol. The van der Waals surface area contributed by atoms with Crippen molar-refractivity contribution in [2.45, 2.75) is 44.3 Å². The van der Waals surface area contributed by atoms with E-state index in [9.17, 15) is 37.1 Å². The molecule has 2 aromatic heterocycles. The topological polar surface area (TPSA) is 162 Å². The number of urea groups is 1. The van der Waals surface area contributed by atoms with E-state index in [0.717, 1.165) is 91.6 Å². The van der Waals surface area contributed by atoms with Gasteiger partial charge < -0.3 is 19.9 Å². The maximum absolute atomic E-state index is 13.3. The molecule has 292 valence electrons. The van der Waals surface area contributed by atoms with Gasteiger partial charge in [0.2, 0.25) is 5.91 Å². The number of benzene rings is 2. The van der Waals surface area contributed by atoms with Gasteiger partial charge in [-0.05, 0) is 68.0 Å². The van der Waals surface area contributed by atoms with Crippen LogP contribution in [0.1, 0.15) is 75.0 Å². The van der Waals surface area contributed by atoms with Gasteiger partial charge in [0.05, 0.1) is 42.0 Å². The first-order valence-electron chi connectivity index (χ1n) is 18.4. The Morgan fingerprint density at radius 1 is 0.929 bits per heavy atom. The number of hydrogen-bond donors (Lipinski definition) is 2. The molecule has 0 aliphatic carbocycles. The zero-order chi connectivity index (χ0) is 39.3. The predicted octanol–water partition coefficient (Wildman–Crippen LogP) is 4.72. The Morgan fingerprint density at radius 2 is 1.68 bits per heavy atom. The second kappa shape index (κ2) is 14.6. The lowest BCUT2D eigenvalue weighted by molar-refractivity contribution is -0.141. The number of halogens is 3. The van der Waals surface area contributed by atoms with Crippen LogP contribution in [0.2, 0.25) is 0 Å². The lowest BCUT2D eigenvalue weighted by Gasteiger charge is -2.38. The lowest BCUT2D eigenvalue weighted by Crippen LogP contribution is -2.58. The van der Waals surface area contributed by atoms with Gasteiger partial charge in [-0.1, -0.05) is 6.07 Å². The maximum atomic E-state index is 13.3. The number of hydrazine groups is 1. The molecule has 15 nitrogen and oxygen atoms in total. The van der Waals surface area contributed by atoms with E-state index in [0.29, 0.717) is 22.9 Å². The van der Waals surface area contributed by atoms with E-state index >= 15 is 0 Å². The molecule has 2 N–H and O–H groups in total. The molecule has 6 amide bonds. The van der Waals surface area contributed by atoms with Gasteiger partial charge >= 0.3 is 12.2 Å². The molecule has 0 bridgehead atoms. The summed E-state index contributed by atoms with van der Waals surface area (Å²) in [6.45, 7) is 4.31. The number of piperidine rings is 2. The van der Waals surface area contributed by atoms with Crippen molar-refractivity contribution in [3.05, 3.63) is 77.2 Å². The van der Waals surface area contributed by atoms with E-state index in [1.54, 1.807) is 24.3 Å². The van der Waals surface area contributed by atoms with Gasteiger partial charge in [0.25, 0.3) is 17.7 Å². The van der Waals surface area contributed by atoms with E-state index in [4.69, 9.17) is 9.84 Å². The summed E-state index contributed by atoms with van der Waals surface area (Å²) in [6, 6.07) is 11.1. The molecule has 0 unspecified atom stereocenters. The molecule has 18 heteroatoms. The van der Waals surface area contributed by atoms with Crippen molar-refractivity contribution in [1.29, 1.82) is 0 Å². The first-order chi connectivity index (χ1) is 26.9. The highest BCUT2D eigenvalue weighted by Gasteiger charge is 2.43. The fourth-order valence-electron chi connectivity index (χ4n) is 7.91. The van der Waals surface area contributed by atoms with Crippen molar-refractivity contribution in [3.63, 3.8) is 0 Å². The van der Waals surface area contributed by atoms with Crippen molar-refractivity contribution in [2.24, 2.45) is 5.92 Å². The molecule has 0 saturated carbocycles. The molecule has 6 heterocycles. The number of methoxy groups -OCH3 is 1. The second-order valence-corrected chi connectivity index (χ2v) is 14.4. The Labute approximate surface area is 318 Å². The predicted molar refractivity (Wildman–Crippen MR) is 195 cm³/mol. The van der Waals surface area contributed by atoms with Crippen molar-refractivity contribution in [1.82, 2.24) is 35.0 Å². The number of pyridine rings is 1. The summed E-state index contributed by atoms with van der Waals surface area (Å²) in [6.07, 6.45) is 0.947. The second-order valence-electron chi connectivity index (χ2n) is 14.4. The van der Waals surface area contributed by atoms with E-state index in [1.165, 1.54) is 13.2 Å². The number of alkyl halides is 3. The van der Waals surface area contributed by atoms with Crippen LogP contribution < -0.4 is 20.3 Å². The van der Waals surface area contributed by atoms with Crippen molar-refractivity contribution in [3.8, 4) is 5.75 Å². The highest BCUT2D eigenvalue weighted by atomic mass is 19.4.